The number of benzene rings is 1. The first kappa shape index (κ1) is 10.6. The summed E-state index contributed by atoms with van der Waals surface area (Å²) in [6.07, 6.45) is 7.68. The second-order valence-corrected chi connectivity index (χ2v) is 6.07. The molecule has 0 unspecified atom stereocenters. The first-order chi connectivity index (χ1) is 8.85. The summed E-state index contributed by atoms with van der Waals surface area (Å²) in [7, 11) is 0. The Morgan fingerprint density at radius 2 is 2.22 bits per heavy atom. The van der Waals surface area contributed by atoms with Crippen LogP contribution in [0.25, 0.3) is 10.9 Å². The van der Waals surface area contributed by atoms with E-state index < -0.39 is 0 Å². The third-order valence-electron chi connectivity index (χ3n) is 4.89. The van der Waals surface area contributed by atoms with Gasteiger partial charge >= 0.3 is 0 Å². The highest BCUT2D eigenvalue weighted by Crippen LogP contribution is 2.48. The van der Waals surface area contributed by atoms with E-state index in [0.717, 1.165) is 6.54 Å². The quantitative estimate of drug-likeness (QED) is 0.876. The number of fused-ring (bicyclic) bond motifs is 1. The summed E-state index contributed by atoms with van der Waals surface area (Å²) in [5.41, 5.74) is 3.30. The third kappa shape index (κ3) is 1.57. The molecule has 2 aromatic rings. The van der Waals surface area contributed by atoms with Crippen LogP contribution in [0.3, 0.4) is 0 Å². The molecule has 94 valence electrons. The van der Waals surface area contributed by atoms with Crippen LogP contribution >= 0.6 is 0 Å². The van der Waals surface area contributed by atoms with Gasteiger partial charge in [0.1, 0.15) is 0 Å². The van der Waals surface area contributed by atoms with E-state index in [9.17, 15) is 0 Å². The van der Waals surface area contributed by atoms with Crippen LogP contribution in [0.4, 0.5) is 0 Å². The number of hydrogen-bond acceptors (Lipinski definition) is 2. The highest BCUT2D eigenvalue weighted by Gasteiger charge is 2.42. The Balaban J connectivity index is 1.56. The zero-order valence-corrected chi connectivity index (χ0v) is 10.7. The second-order valence-electron chi connectivity index (χ2n) is 6.07. The number of nitrogens with zero attached hydrogens (tertiary/aromatic N) is 2. The van der Waals surface area contributed by atoms with Crippen molar-refractivity contribution in [3.8, 4) is 0 Å². The van der Waals surface area contributed by atoms with Crippen molar-refractivity contribution >= 4 is 10.9 Å². The minimum absolute atomic E-state index is 0.696. The number of para-hydroxylation sites is 1. The molecule has 3 nitrogen and oxygen atoms in total. The Labute approximate surface area is 107 Å². The molecular formula is C15H19N3. The van der Waals surface area contributed by atoms with Crippen molar-refractivity contribution in [3.05, 3.63) is 30.0 Å². The summed E-state index contributed by atoms with van der Waals surface area (Å²) in [5.74, 6) is 0. The zero-order chi connectivity index (χ0) is 12.0. The van der Waals surface area contributed by atoms with E-state index in [4.69, 9.17) is 0 Å². The van der Waals surface area contributed by atoms with Gasteiger partial charge < -0.3 is 0 Å². The Morgan fingerprint density at radius 3 is 3.00 bits per heavy atom. The molecule has 1 saturated carbocycles. The van der Waals surface area contributed by atoms with Crippen LogP contribution in [0.1, 0.15) is 31.2 Å². The van der Waals surface area contributed by atoms with Gasteiger partial charge in [0.25, 0.3) is 0 Å². The molecule has 1 spiro atoms. The molecule has 0 bridgehead atoms. The third-order valence-corrected chi connectivity index (χ3v) is 4.89. The van der Waals surface area contributed by atoms with Gasteiger partial charge in [-0.3, -0.25) is 10.00 Å². The largest absolute Gasteiger partial charge is 0.298 e. The van der Waals surface area contributed by atoms with Gasteiger partial charge in [-0.2, -0.15) is 5.10 Å². The highest BCUT2D eigenvalue weighted by atomic mass is 15.2. The van der Waals surface area contributed by atoms with Crippen LogP contribution in [-0.2, 0) is 6.54 Å². The van der Waals surface area contributed by atoms with Crippen LogP contribution in [0.2, 0.25) is 0 Å². The molecule has 2 fully saturated rings. The molecule has 4 rings (SSSR count). The lowest BCUT2D eigenvalue weighted by molar-refractivity contribution is 0.137. The molecule has 1 saturated heterocycles. The van der Waals surface area contributed by atoms with Crippen molar-refractivity contribution in [2.75, 3.05) is 13.1 Å². The van der Waals surface area contributed by atoms with E-state index in [1.54, 1.807) is 0 Å². The second kappa shape index (κ2) is 3.82. The predicted octanol–water partition coefficient (Wildman–Crippen LogP) is 2.94. The van der Waals surface area contributed by atoms with E-state index in [1.807, 2.05) is 6.20 Å². The van der Waals surface area contributed by atoms with Crippen LogP contribution in [0.15, 0.2) is 24.4 Å². The highest BCUT2D eigenvalue weighted by molar-refractivity contribution is 5.81. The van der Waals surface area contributed by atoms with Gasteiger partial charge in [0.05, 0.1) is 11.7 Å². The van der Waals surface area contributed by atoms with Crippen molar-refractivity contribution < 1.29 is 0 Å². The van der Waals surface area contributed by atoms with E-state index in [2.05, 4.69) is 33.3 Å². The normalized spacial score (nSPS) is 22.7. The average Bonchev–Trinajstić information content (AvgIpc) is 2.94. The summed E-state index contributed by atoms with van der Waals surface area (Å²) in [4.78, 5) is 2.62. The molecule has 1 N–H and O–H groups in total. The number of nitrogens with one attached hydrogen (secondary N) is 1. The lowest BCUT2D eigenvalue weighted by Crippen LogP contribution is -2.32. The van der Waals surface area contributed by atoms with Crippen LogP contribution in [0.5, 0.6) is 0 Å². The molecular weight excluding hydrogens is 222 g/mol. The lowest BCUT2D eigenvalue weighted by atomic mass is 9.68. The first-order valence-electron chi connectivity index (χ1n) is 6.98. The zero-order valence-electron chi connectivity index (χ0n) is 10.7. The van der Waals surface area contributed by atoms with Gasteiger partial charge in [-0.1, -0.05) is 24.6 Å². The molecule has 1 aliphatic carbocycles. The lowest BCUT2D eigenvalue weighted by Gasteiger charge is -2.38. The number of rotatable bonds is 2. The number of hydrogen-bond donors (Lipinski definition) is 1. The van der Waals surface area contributed by atoms with Crippen molar-refractivity contribution in [2.45, 2.75) is 32.2 Å². The minimum atomic E-state index is 0.696. The van der Waals surface area contributed by atoms with E-state index >= 15 is 0 Å². The van der Waals surface area contributed by atoms with Crippen molar-refractivity contribution in [3.63, 3.8) is 0 Å². The summed E-state index contributed by atoms with van der Waals surface area (Å²) in [5, 5.41) is 8.51. The SMILES string of the molecule is c1cc(CN2CCC3(CCC3)C2)c2[nH]ncc2c1. The molecule has 1 aromatic heterocycles. The summed E-state index contributed by atoms with van der Waals surface area (Å²) in [6.45, 7) is 3.64. The van der Waals surface area contributed by atoms with Gasteiger partial charge in [0, 0.05) is 18.5 Å². The number of likely N-dealkylation sites (tertiary alicyclic amines) is 1. The minimum Gasteiger partial charge on any atom is -0.298 e. The fourth-order valence-corrected chi connectivity index (χ4v) is 3.65. The maximum absolute atomic E-state index is 4.15. The van der Waals surface area contributed by atoms with Gasteiger partial charge in [0.2, 0.25) is 0 Å². The molecule has 0 atom stereocenters. The molecule has 2 aliphatic rings. The van der Waals surface area contributed by atoms with Crippen LogP contribution in [-0.4, -0.2) is 28.2 Å². The first-order valence-corrected chi connectivity index (χ1v) is 6.98. The maximum atomic E-state index is 4.15. The average molecular weight is 241 g/mol. The molecule has 1 aliphatic heterocycles. The Bertz CT molecular complexity index is 568. The van der Waals surface area contributed by atoms with E-state index in [0.29, 0.717) is 5.41 Å². The Hall–Kier alpha value is -1.35. The molecule has 0 amide bonds. The standard InChI is InChI=1S/C15H19N3/c1-3-12-9-16-17-14(12)13(4-1)10-18-8-7-15(11-18)5-2-6-15/h1,3-4,9H,2,5-8,10-11H2,(H,16,17). The van der Waals surface area contributed by atoms with Gasteiger partial charge in [0.15, 0.2) is 0 Å². The predicted molar refractivity (Wildman–Crippen MR) is 72.3 cm³/mol. The maximum Gasteiger partial charge on any atom is 0.0695 e. The van der Waals surface area contributed by atoms with E-state index in [1.165, 1.54) is 55.2 Å². The summed E-state index contributed by atoms with van der Waals surface area (Å²) < 4.78 is 0. The molecule has 0 radical (unpaired) electrons. The Morgan fingerprint density at radius 1 is 1.28 bits per heavy atom. The van der Waals surface area contributed by atoms with Crippen molar-refractivity contribution in [1.29, 1.82) is 0 Å². The monoisotopic (exact) mass is 241 g/mol. The van der Waals surface area contributed by atoms with Crippen LogP contribution in [0, 0.1) is 5.41 Å². The molecule has 1 aromatic carbocycles. The number of aromatic nitrogens is 2. The molecule has 2 heterocycles. The van der Waals surface area contributed by atoms with E-state index in [-0.39, 0.29) is 0 Å². The smallest absolute Gasteiger partial charge is 0.0695 e. The number of H-pyrrole nitrogens is 1. The molecule has 3 heteroatoms. The summed E-state index contributed by atoms with van der Waals surface area (Å²) >= 11 is 0. The fourth-order valence-electron chi connectivity index (χ4n) is 3.65. The van der Waals surface area contributed by atoms with Crippen molar-refractivity contribution in [2.24, 2.45) is 5.41 Å². The summed E-state index contributed by atoms with van der Waals surface area (Å²) in [6, 6.07) is 6.49. The number of aromatic amines is 1. The topological polar surface area (TPSA) is 31.9 Å². The van der Waals surface area contributed by atoms with Crippen LogP contribution < -0.4 is 0 Å². The van der Waals surface area contributed by atoms with Crippen molar-refractivity contribution in [1.82, 2.24) is 15.1 Å². The Kier molecular flexibility index (Phi) is 2.24. The van der Waals surface area contributed by atoms with Gasteiger partial charge in [-0.25, -0.2) is 0 Å². The van der Waals surface area contributed by atoms with Gasteiger partial charge in [-0.05, 0) is 36.8 Å². The van der Waals surface area contributed by atoms with Gasteiger partial charge in [-0.15, -0.1) is 0 Å². The fraction of sp³-hybridized carbons (Fsp3) is 0.533. The molecule has 18 heavy (non-hydrogen) atoms.